The van der Waals surface area contributed by atoms with Crippen molar-refractivity contribution in [2.24, 2.45) is 5.92 Å². The first kappa shape index (κ1) is 16.5. The molecule has 2 saturated heterocycles. The molecule has 2 fully saturated rings. The molecule has 3 heterocycles. The second-order valence-electron chi connectivity index (χ2n) is 6.22. The van der Waals surface area contributed by atoms with Crippen LogP contribution in [0.15, 0.2) is 22.8 Å². The third-order valence-electron chi connectivity index (χ3n) is 4.71. The van der Waals surface area contributed by atoms with Crippen LogP contribution in [0.5, 0.6) is 0 Å². The molecule has 2 unspecified atom stereocenters. The molecule has 1 aromatic rings. The number of morpholine rings is 1. The Morgan fingerprint density at radius 2 is 2.17 bits per heavy atom. The predicted octanol–water partition coefficient (Wildman–Crippen LogP) is 1.07. The summed E-state index contributed by atoms with van der Waals surface area (Å²) in [6.45, 7) is 5.73. The van der Waals surface area contributed by atoms with Crippen molar-refractivity contribution in [2.75, 3.05) is 46.1 Å². The Balaban J connectivity index is 1.47. The first-order valence-electron chi connectivity index (χ1n) is 8.51. The highest BCUT2D eigenvalue weighted by molar-refractivity contribution is 5.76. The van der Waals surface area contributed by atoms with Gasteiger partial charge in [-0.25, -0.2) is 0 Å². The molecule has 0 aromatic carbocycles. The molecular formula is C17H26N2O4. The minimum absolute atomic E-state index is 0.0820. The Bertz CT molecular complexity index is 465. The molecule has 1 amide bonds. The van der Waals surface area contributed by atoms with E-state index in [1.807, 2.05) is 12.1 Å². The Morgan fingerprint density at radius 3 is 2.87 bits per heavy atom. The quantitative estimate of drug-likeness (QED) is 0.813. The predicted molar refractivity (Wildman–Crippen MR) is 85.1 cm³/mol. The molecule has 2 aliphatic heterocycles. The van der Waals surface area contributed by atoms with Gasteiger partial charge in [0, 0.05) is 51.0 Å². The molecule has 2 aliphatic rings. The normalized spacial score (nSPS) is 23.7. The lowest BCUT2D eigenvalue weighted by Gasteiger charge is -2.37. The number of carbonyl (C=O) groups excluding carboxylic acids is 1. The SMILES string of the molecule is O=C(CCc1ccco1)NCC(C1CCOC1)N1CCOCC1. The lowest BCUT2D eigenvalue weighted by molar-refractivity contribution is -0.121. The number of rotatable bonds is 7. The van der Waals surface area contributed by atoms with E-state index in [1.54, 1.807) is 6.26 Å². The van der Waals surface area contributed by atoms with E-state index >= 15 is 0 Å². The summed E-state index contributed by atoms with van der Waals surface area (Å²) in [6.07, 6.45) is 3.82. The molecule has 0 aliphatic carbocycles. The van der Waals surface area contributed by atoms with Crippen molar-refractivity contribution < 1.29 is 18.7 Å². The van der Waals surface area contributed by atoms with Gasteiger partial charge in [-0.3, -0.25) is 9.69 Å². The zero-order chi connectivity index (χ0) is 15.9. The fourth-order valence-corrected chi connectivity index (χ4v) is 3.36. The van der Waals surface area contributed by atoms with E-state index in [4.69, 9.17) is 13.9 Å². The summed E-state index contributed by atoms with van der Waals surface area (Å²) in [5.74, 6) is 1.44. The largest absolute Gasteiger partial charge is 0.469 e. The average molecular weight is 322 g/mol. The second kappa shape index (κ2) is 8.47. The molecule has 23 heavy (non-hydrogen) atoms. The number of amides is 1. The summed E-state index contributed by atoms with van der Waals surface area (Å²) in [5.41, 5.74) is 0. The van der Waals surface area contributed by atoms with Gasteiger partial charge in [0.1, 0.15) is 5.76 Å². The van der Waals surface area contributed by atoms with Gasteiger partial charge in [-0.2, -0.15) is 0 Å². The van der Waals surface area contributed by atoms with Crippen molar-refractivity contribution in [3.8, 4) is 0 Å². The summed E-state index contributed by atoms with van der Waals surface area (Å²) in [7, 11) is 0. The van der Waals surface area contributed by atoms with E-state index in [-0.39, 0.29) is 5.91 Å². The number of nitrogens with zero attached hydrogens (tertiary/aromatic N) is 1. The summed E-state index contributed by atoms with van der Waals surface area (Å²) in [5, 5.41) is 3.10. The fourth-order valence-electron chi connectivity index (χ4n) is 3.36. The Hall–Kier alpha value is -1.37. The summed E-state index contributed by atoms with van der Waals surface area (Å²) in [6, 6.07) is 4.09. The zero-order valence-corrected chi connectivity index (χ0v) is 13.5. The van der Waals surface area contributed by atoms with Crippen molar-refractivity contribution in [3.05, 3.63) is 24.2 Å². The van der Waals surface area contributed by atoms with Crippen LogP contribution >= 0.6 is 0 Å². The lowest BCUT2D eigenvalue weighted by atomic mass is 9.96. The topological polar surface area (TPSA) is 63.9 Å². The highest BCUT2D eigenvalue weighted by Crippen LogP contribution is 2.21. The maximum atomic E-state index is 12.1. The van der Waals surface area contributed by atoms with Crippen LogP contribution in [0.25, 0.3) is 0 Å². The second-order valence-corrected chi connectivity index (χ2v) is 6.22. The van der Waals surface area contributed by atoms with Crippen LogP contribution in [0.1, 0.15) is 18.6 Å². The van der Waals surface area contributed by atoms with E-state index in [0.717, 1.165) is 51.7 Å². The van der Waals surface area contributed by atoms with Gasteiger partial charge in [0.25, 0.3) is 0 Å². The minimum atomic E-state index is 0.0820. The molecule has 128 valence electrons. The van der Waals surface area contributed by atoms with Gasteiger partial charge in [-0.05, 0) is 18.6 Å². The fraction of sp³-hybridized carbons (Fsp3) is 0.706. The van der Waals surface area contributed by atoms with Crippen molar-refractivity contribution in [1.82, 2.24) is 10.2 Å². The number of carbonyl (C=O) groups is 1. The van der Waals surface area contributed by atoms with E-state index in [2.05, 4.69) is 10.2 Å². The monoisotopic (exact) mass is 322 g/mol. The maximum absolute atomic E-state index is 12.1. The Kier molecular flexibility index (Phi) is 6.07. The van der Waals surface area contributed by atoms with Crippen LogP contribution in [0, 0.1) is 5.92 Å². The van der Waals surface area contributed by atoms with Crippen molar-refractivity contribution in [3.63, 3.8) is 0 Å². The molecule has 0 spiro atoms. The molecule has 0 saturated carbocycles. The Morgan fingerprint density at radius 1 is 1.30 bits per heavy atom. The molecule has 6 heteroatoms. The van der Waals surface area contributed by atoms with Gasteiger partial charge in [-0.1, -0.05) is 0 Å². The molecular weight excluding hydrogens is 296 g/mol. The lowest BCUT2D eigenvalue weighted by Crippen LogP contribution is -2.52. The van der Waals surface area contributed by atoms with Crippen LogP contribution in [0.2, 0.25) is 0 Å². The number of furan rings is 1. The highest BCUT2D eigenvalue weighted by Gasteiger charge is 2.31. The Labute approximate surface area is 137 Å². The smallest absolute Gasteiger partial charge is 0.220 e. The molecule has 0 radical (unpaired) electrons. The van der Waals surface area contributed by atoms with Crippen molar-refractivity contribution in [2.45, 2.75) is 25.3 Å². The number of hydrogen-bond donors (Lipinski definition) is 1. The first-order valence-corrected chi connectivity index (χ1v) is 8.51. The van der Waals surface area contributed by atoms with E-state index in [1.165, 1.54) is 0 Å². The average Bonchev–Trinajstić information content (AvgIpc) is 3.28. The maximum Gasteiger partial charge on any atom is 0.220 e. The molecule has 1 aromatic heterocycles. The van der Waals surface area contributed by atoms with E-state index in [0.29, 0.717) is 31.3 Å². The number of hydrogen-bond acceptors (Lipinski definition) is 5. The molecule has 3 rings (SSSR count). The summed E-state index contributed by atoms with van der Waals surface area (Å²) < 4.78 is 16.3. The van der Waals surface area contributed by atoms with Crippen LogP contribution in [-0.2, 0) is 20.7 Å². The number of aryl methyl sites for hydroxylation is 1. The standard InChI is InChI=1S/C17H26N2O4/c20-17(4-3-15-2-1-8-23-15)18-12-16(14-5-9-22-13-14)19-6-10-21-11-7-19/h1-2,8,14,16H,3-7,9-13H2,(H,18,20). The van der Waals surface area contributed by atoms with Gasteiger partial charge in [0.15, 0.2) is 0 Å². The van der Waals surface area contributed by atoms with E-state index in [9.17, 15) is 4.79 Å². The summed E-state index contributed by atoms with van der Waals surface area (Å²) in [4.78, 5) is 14.6. The van der Waals surface area contributed by atoms with Gasteiger partial charge in [0.05, 0.1) is 26.1 Å². The van der Waals surface area contributed by atoms with Crippen LogP contribution in [0.4, 0.5) is 0 Å². The molecule has 6 nitrogen and oxygen atoms in total. The van der Waals surface area contributed by atoms with Crippen LogP contribution < -0.4 is 5.32 Å². The number of ether oxygens (including phenoxy) is 2. The molecule has 1 N–H and O–H groups in total. The van der Waals surface area contributed by atoms with Gasteiger partial charge in [0.2, 0.25) is 5.91 Å². The molecule has 0 bridgehead atoms. The third kappa shape index (κ3) is 4.80. The van der Waals surface area contributed by atoms with E-state index < -0.39 is 0 Å². The van der Waals surface area contributed by atoms with Gasteiger partial charge in [-0.15, -0.1) is 0 Å². The minimum Gasteiger partial charge on any atom is -0.469 e. The van der Waals surface area contributed by atoms with Gasteiger partial charge < -0.3 is 19.2 Å². The van der Waals surface area contributed by atoms with Crippen LogP contribution in [0.3, 0.4) is 0 Å². The molecule has 2 atom stereocenters. The zero-order valence-electron chi connectivity index (χ0n) is 13.5. The first-order chi connectivity index (χ1) is 11.3. The summed E-state index contributed by atoms with van der Waals surface area (Å²) >= 11 is 0. The van der Waals surface area contributed by atoms with Crippen molar-refractivity contribution >= 4 is 5.91 Å². The van der Waals surface area contributed by atoms with Crippen molar-refractivity contribution in [1.29, 1.82) is 0 Å². The number of nitrogens with one attached hydrogen (secondary N) is 1. The van der Waals surface area contributed by atoms with Crippen LogP contribution in [-0.4, -0.2) is 62.9 Å². The van der Waals surface area contributed by atoms with Gasteiger partial charge >= 0.3 is 0 Å². The highest BCUT2D eigenvalue weighted by atomic mass is 16.5. The third-order valence-corrected chi connectivity index (χ3v) is 4.71.